The minimum absolute atomic E-state index is 0.184. The Kier molecular flexibility index (Phi) is 4.52. The van der Waals surface area contributed by atoms with Crippen molar-refractivity contribution in [1.82, 2.24) is 10.2 Å². The highest BCUT2D eigenvalue weighted by molar-refractivity contribution is 5.73. The Morgan fingerprint density at radius 3 is 3.05 bits per heavy atom. The number of piperidine rings is 1. The first-order valence-corrected chi connectivity index (χ1v) is 8.05. The van der Waals surface area contributed by atoms with Crippen molar-refractivity contribution in [1.29, 1.82) is 0 Å². The van der Waals surface area contributed by atoms with Gasteiger partial charge in [-0.05, 0) is 18.4 Å². The van der Waals surface area contributed by atoms with Crippen molar-refractivity contribution in [2.45, 2.75) is 39.3 Å². The summed E-state index contributed by atoms with van der Waals surface area (Å²) in [6.45, 7) is 6.63. The molecule has 2 heterocycles. The number of hydrogen-bond donors (Lipinski definition) is 1. The van der Waals surface area contributed by atoms with Crippen LogP contribution in [-0.2, 0) is 11.3 Å². The Labute approximate surface area is 131 Å². The average Bonchev–Trinajstić information content (AvgIpc) is 3.01. The van der Waals surface area contributed by atoms with Crippen LogP contribution in [0.2, 0.25) is 0 Å². The summed E-state index contributed by atoms with van der Waals surface area (Å²) in [5.74, 6) is 2.39. The van der Waals surface area contributed by atoms with Gasteiger partial charge in [0.2, 0.25) is 12.7 Å². The number of carbonyl (C=O) groups excluding carboxylic acids is 1. The van der Waals surface area contributed by atoms with Crippen molar-refractivity contribution in [3.8, 4) is 11.5 Å². The smallest absolute Gasteiger partial charge is 0.231 e. The van der Waals surface area contributed by atoms with E-state index in [1.165, 1.54) is 0 Å². The first-order valence-electron chi connectivity index (χ1n) is 8.05. The fourth-order valence-electron chi connectivity index (χ4n) is 3.37. The SMILES string of the molecule is CC[C@@H]1CN(C(C)=O)CC[C@@H]1NCc1cccc2c1OCO2. The summed E-state index contributed by atoms with van der Waals surface area (Å²) in [5, 5.41) is 3.65. The second-order valence-electron chi connectivity index (χ2n) is 6.06. The second-order valence-corrected chi connectivity index (χ2v) is 6.06. The van der Waals surface area contributed by atoms with Crippen LogP contribution in [0.4, 0.5) is 0 Å². The van der Waals surface area contributed by atoms with Gasteiger partial charge in [0.05, 0.1) is 0 Å². The summed E-state index contributed by atoms with van der Waals surface area (Å²) < 4.78 is 11.0. The van der Waals surface area contributed by atoms with E-state index in [2.05, 4.69) is 18.3 Å². The molecule has 1 aromatic rings. The van der Waals surface area contributed by atoms with Crippen LogP contribution in [0.5, 0.6) is 11.5 Å². The van der Waals surface area contributed by atoms with E-state index in [1.54, 1.807) is 6.92 Å². The zero-order valence-corrected chi connectivity index (χ0v) is 13.3. The van der Waals surface area contributed by atoms with Crippen LogP contribution in [-0.4, -0.2) is 36.7 Å². The Balaban J connectivity index is 1.62. The number of rotatable bonds is 4. The molecule has 5 heteroatoms. The molecule has 5 nitrogen and oxygen atoms in total. The molecule has 0 radical (unpaired) electrons. The highest BCUT2D eigenvalue weighted by Gasteiger charge is 2.29. The van der Waals surface area contributed by atoms with E-state index in [1.807, 2.05) is 17.0 Å². The van der Waals surface area contributed by atoms with E-state index < -0.39 is 0 Å². The Morgan fingerprint density at radius 1 is 1.41 bits per heavy atom. The summed E-state index contributed by atoms with van der Waals surface area (Å²) in [5.41, 5.74) is 1.14. The van der Waals surface area contributed by atoms with Crippen LogP contribution < -0.4 is 14.8 Å². The number of nitrogens with zero attached hydrogens (tertiary/aromatic N) is 1. The lowest BCUT2D eigenvalue weighted by Crippen LogP contribution is -2.50. The highest BCUT2D eigenvalue weighted by atomic mass is 16.7. The standard InChI is InChI=1S/C17H24N2O3/c1-3-13-10-19(12(2)20)8-7-15(13)18-9-14-5-4-6-16-17(14)22-11-21-16/h4-6,13,15,18H,3,7-11H2,1-2H3/t13-,15+/m1/s1. The second kappa shape index (κ2) is 6.57. The van der Waals surface area contributed by atoms with E-state index in [-0.39, 0.29) is 5.91 Å². The molecule has 1 N–H and O–H groups in total. The number of amides is 1. The highest BCUT2D eigenvalue weighted by Crippen LogP contribution is 2.35. The molecular weight excluding hydrogens is 280 g/mol. The predicted octanol–water partition coefficient (Wildman–Crippen LogP) is 2.15. The number of fused-ring (bicyclic) bond motifs is 1. The minimum Gasteiger partial charge on any atom is -0.454 e. The number of carbonyl (C=O) groups is 1. The number of likely N-dealkylation sites (tertiary alicyclic amines) is 1. The number of ether oxygens (including phenoxy) is 2. The Hall–Kier alpha value is -1.75. The lowest BCUT2D eigenvalue weighted by atomic mass is 9.89. The van der Waals surface area contributed by atoms with Gasteiger partial charge in [-0.25, -0.2) is 0 Å². The van der Waals surface area contributed by atoms with Crippen molar-refractivity contribution in [3.63, 3.8) is 0 Å². The molecule has 1 saturated heterocycles. The van der Waals surface area contributed by atoms with Crippen LogP contribution in [0.15, 0.2) is 18.2 Å². The third-order valence-electron chi connectivity index (χ3n) is 4.74. The van der Waals surface area contributed by atoms with Crippen LogP contribution in [0.25, 0.3) is 0 Å². The van der Waals surface area contributed by atoms with Crippen molar-refractivity contribution in [2.75, 3.05) is 19.9 Å². The summed E-state index contributed by atoms with van der Waals surface area (Å²) >= 11 is 0. The monoisotopic (exact) mass is 304 g/mol. The van der Waals surface area contributed by atoms with Crippen LogP contribution in [0.3, 0.4) is 0 Å². The molecule has 2 atom stereocenters. The lowest BCUT2D eigenvalue weighted by molar-refractivity contribution is -0.131. The van der Waals surface area contributed by atoms with E-state index >= 15 is 0 Å². The van der Waals surface area contributed by atoms with Gasteiger partial charge in [0, 0.05) is 38.2 Å². The van der Waals surface area contributed by atoms with Gasteiger partial charge >= 0.3 is 0 Å². The molecule has 1 aromatic carbocycles. The molecule has 1 fully saturated rings. The Bertz CT molecular complexity index is 547. The fourth-order valence-corrected chi connectivity index (χ4v) is 3.37. The van der Waals surface area contributed by atoms with Crippen LogP contribution >= 0.6 is 0 Å². The van der Waals surface area contributed by atoms with Gasteiger partial charge in [-0.2, -0.15) is 0 Å². The van der Waals surface area contributed by atoms with Crippen molar-refractivity contribution < 1.29 is 14.3 Å². The van der Waals surface area contributed by atoms with Gasteiger partial charge in [0.15, 0.2) is 11.5 Å². The fraction of sp³-hybridized carbons (Fsp3) is 0.588. The van der Waals surface area contributed by atoms with E-state index in [0.717, 1.165) is 49.5 Å². The molecule has 3 rings (SSSR count). The Morgan fingerprint density at radius 2 is 2.27 bits per heavy atom. The topological polar surface area (TPSA) is 50.8 Å². The van der Waals surface area contributed by atoms with Gasteiger partial charge in [0.1, 0.15) is 0 Å². The molecule has 2 aliphatic rings. The maximum Gasteiger partial charge on any atom is 0.231 e. The molecule has 1 amide bonds. The number of para-hydroxylation sites is 1. The number of benzene rings is 1. The predicted molar refractivity (Wildman–Crippen MR) is 83.8 cm³/mol. The van der Waals surface area contributed by atoms with Gasteiger partial charge < -0.3 is 19.7 Å². The zero-order valence-electron chi connectivity index (χ0n) is 13.3. The van der Waals surface area contributed by atoms with Crippen LogP contribution in [0, 0.1) is 5.92 Å². The quantitative estimate of drug-likeness (QED) is 0.926. The van der Waals surface area contributed by atoms with E-state index in [9.17, 15) is 4.79 Å². The molecule has 22 heavy (non-hydrogen) atoms. The van der Waals surface area contributed by atoms with Gasteiger partial charge in [-0.1, -0.05) is 25.5 Å². The van der Waals surface area contributed by atoms with E-state index in [0.29, 0.717) is 18.8 Å². The molecule has 120 valence electrons. The van der Waals surface area contributed by atoms with E-state index in [4.69, 9.17) is 9.47 Å². The van der Waals surface area contributed by atoms with Gasteiger partial charge in [-0.3, -0.25) is 4.79 Å². The van der Waals surface area contributed by atoms with Crippen molar-refractivity contribution >= 4 is 5.91 Å². The third-order valence-corrected chi connectivity index (χ3v) is 4.74. The molecule has 0 spiro atoms. The molecule has 0 unspecified atom stereocenters. The summed E-state index contributed by atoms with van der Waals surface area (Å²) in [6, 6.07) is 6.46. The average molecular weight is 304 g/mol. The summed E-state index contributed by atoms with van der Waals surface area (Å²) in [4.78, 5) is 13.5. The molecule has 0 aliphatic carbocycles. The molecule has 2 aliphatic heterocycles. The molecular formula is C17H24N2O3. The lowest BCUT2D eigenvalue weighted by Gasteiger charge is -2.38. The first kappa shape index (κ1) is 15.2. The first-order chi connectivity index (χ1) is 10.7. The molecule has 0 saturated carbocycles. The third kappa shape index (κ3) is 3.04. The zero-order chi connectivity index (χ0) is 15.5. The summed E-state index contributed by atoms with van der Waals surface area (Å²) in [6.07, 6.45) is 2.08. The van der Waals surface area contributed by atoms with Gasteiger partial charge in [0.25, 0.3) is 0 Å². The van der Waals surface area contributed by atoms with Gasteiger partial charge in [-0.15, -0.1) is 0 Å². The molecule has 0 bridgehead atoms. The number of hydrogen-bond acceptors (Lipinski definition) is 4. The number of nitrogens with one attached hydrogen (secondary N) is 1. The normalized spacial score (nSPS) is 23.6. The minimum atomic E-state index is 0.184. The maximum absolute atomic E-state index is 11.5. The molecule has 0 aromatic heterocycles. The van der Waals surface area contributed by atoms with Crippen molar-refractivity contribution in [2.24, 2.45) is 5.92 Å². The largest absolute Gasteiger partial charge is 0.454 e. The summed E-state index contributed by atoms with van der Waals surface area (Å²) in [7, 11) is 0. The maximum atomic E-state index is 11.5. The van der Waals surface area contributed by atoms with Crippen molar-refractivity contribution in [3.05, 3.63) is 23.8 Å². The van der Waals surface area contributed by atoms with Crippen LogP contribution in [0.1, 0.15) is 32.3 Å².